The number of nitrogens with one attached hydrogen (secondary N) is 2. The van der Waals surface area contributed by atoms with Crippen LogP contribution in [-0.4, -0.2) is 73.4 Å². The molecule has 200 valence electrons. The van der Waals surface area contributed by atoms with Crippen LogP contribution in [0.4, 0.5) is 5.69 Å². The summed E-state index contributed by atoms with van der Waals surface area (Å²) in [6, 6.07) is 1.66. The maximum absolute atomic E-state index is 13.2. The number of hydrogen-bond donors (Lipinski definition) is 2. The molecule has 11 nitrogen and oxygen atoms in total. The molecule has 0 radical (unpaired) electrons. The van der Waals surface area contributed by atoms with Crippen LogP contribution in [0.5, 0.6) is 5.88 Å². The second kappa shape index (κ2) is 10.2. The lowest BCUT2D eigenvalue weighted by molar-refractivity contribution is 0.0938. The summed E-state index contributed by atoms with van der Waals surface area (Å²) >= 11 is 1.42. The van der Waals surface area contributed by atoms with E-state index in [1.807, 2.05) is 6.20 Å². The van der Waals surface area contributed by atoms with E-state index >= 15 is 0 Å². The average Bonchev–Trinajstić information content (AvgIpc) is 3.63. The first kappa shape index (κ1) is 25.9. The molecule has 0 aliphatic carbocycles. The van der Waals surface area contributed by atoms with Gasteiger partial charge < -0.3 is 15.4 Å². The molecule has 0 saturated carbocycles. The first-order chi connectivity index (χ1) is 18.2. The quantitative estimate of drug-likeness (QED) is 0.354. The second-order valence-electron chi connectivity index (χ2n) is 10.1. The summed E-state index contributed by atoms with van der Waals surface area (Å²) in [6.45, 7) is 8.67. The molecule has 1 saturated heterocycles. The molecule has 38 heavy (non-hydrogen) atoms. The Kier molecular flexibility index (Phi) is 6.93. The number of fused-ring (bicyclic) bond motifs is 1. The molecule has 0 unspecified atom stereocenters. The van der Waals surface area contributed by atoms with E-state index in [4.69, 9.17) is 4.74 Å². The summed E-state index contributed by atoms with van der Waals surface area (Å²) in [4.78, 5) is 34.4. The van der Waals surface area contributed by atoms with E-state index < -0.39 is 0 Å². The number of carbonyl (C=O) groups excluding carboxylic acids is 2. The lowest BCUT2D eigenvalue weighted by atomic mass is 10.0. The van der Waals surface area contributed by atoms with Gasteiger partial charge in [-0.05, 0) is 46.2 Å². The Morgan fingerprint density at radius 3 is 2.74 bits per heavy atom. The molecule has 0 spiro atoms. The Morgan fingerprint density at radius 1 is 1.18 bits per heavy atom. The van der Waals surface area contributed by atoms with Crippen molar-refractivity contribution in [3.8, 4) is 16.3 Å². The standard InChI is InChI=1S/C26H32N8O3S/c1-16-20(11-17(12-28-16)22(35)27-8-10-33-9-6-7-26(33,2)3)31-23(36)19-14-30-34-15-21(38-25(19)34)18-13-29-32(4)24(18)37-5/h11-15H,6-10H2,1-5H3,(H,27,35)(H,31,36). The molecule has 2 amide bonds. The van der Waals surface area contributed by atoms with Gasteiger partial charge in [-0.15, -0.1) is 11.3 Å². The lowest BCUT2D eigenvalue weighted by Gasteiger charge is -2.31. The monoisotopic (exact) mass is 536 g/mol. The fourth-order valence-corrected chi connectivity index (χ4v) is 5.92. The first-order valence-corrected chi connectivity index (χ1v) is 13.3. The van der Waals surface area contributed by atoms with Crippen molar-refractivity contribution in [1.82, 2.24) is 34.6 Å². The minimum Gasteiger partial charge on any atom is -0.481 e. The van der Waals surface area contributed by atoms with E-state index in [0.29, 0.717) is 39.8 Å². The Labute approximate surface area is 224 Å². The van der Waals surface area contributed by atoms with Crippen LogP contribution in [0.3, 0.4) is 0 Å². The molecule has 5 heterocycles. The van der Waals surface area contributed by atoms with Crippen molar-refractivity contribution in [2.24, 2.45) is 7.05 Å². The van der Waals surface area contributed by atoms with Crippen LogP contribution < -0.4 is 15.4 Å². The SMILES string of the molecule is COc1c(-c2cn3ncc(C(=O)Nc4cc(C(=O)NCCN5CCCC5(C)C)cnc4C)c3s2)cnn1C. The number of amides is 2. The number of methoxy groups -OCH3 is 1. The Balaban J connectivity index is 1.29. The molecule has 12 heteroatoms. The maximum atomic E-state index is 13.2. The van der Waals surface area contributed by atoms with Crippen LogP contribution in [0.15, 0.2) is 30.9 Å². The molecule has 1 fully saturated rings. The van der Waals surface area contributed by atoms with E-state index in [2.05, 4.69) is 44.6 Å². The number of rotatable bonds is 8. The minimum atomic E-state index is -0.328. The summed E-state index contributed by atoms with van der Waals surface area (Å²) in [7, 11) is 3.40. The van der Waals surface area contributed by atoms with Gasteiger partial charge in [0.05, 0.1) is 52.5 Å². The van der Waals surface area contributed by atoms with Gasteiger partial charge in [-0.25, -0.2) is 9.20 Å². The topological polar surface area (TPSA) is 119 Å². The number of aryl methyl sites for hydroxylation is 2. The molecule has 1 aliphatic rings. The number of aromatic nitrogens is 5. The number of pyridine rings is 1. The zero-order valence-electron chi connectivity index (χ0n) is 22.2. The third-order valence-electron chi connectivity index (χ3n) is 7.12. The van der Waals surface area contributed by atoms with Gasteiger partial charge >= 0.3 is 0 Å². The number of carbonyl (C=O) groups is 2. The van der Waals surface area contributed by atoms with Gasteiger partial charge in [0, 0.05) is 38.1 Å². The number of ether oxygens (including phenoxy) is 1. The van der Waals surface area contributed by atoms with Crippen molar-refractivity contribution in [2.45, 2.75) is 39.2 Å². The van der Waals surface area contributed by atoms with Gasteiger partial charge in [0.1, 0.15) is 4.83 Å². The molecule has 0 atom stereocenters. The van der Waals surface area contributed by atoms with Crippen molar-refractivity contribution in [2.75, 3.05) is 32.1 Å². The van der Waals surface area contributed by atoms with Crippen molar-refractivity contribution in [3.63, 3.8) is 0 Å². The zero-order valence-corrected chi connectivity index (χ0v) is 23.1. The molecule has 4 aromatic rings. The van der Waals surface area contributed by atoms with Gasteiger partial charge in [0.2, 0.25) is 5.88 Å². The highest BCUT2D eigenvalue weighted by molar-refractivity contribution is 7.21. The summed E-state index contributed by atoms with van der Waals surface area (Å²) in [5, 5.41) is 14.5. The van der Waals surface area contributed by atoms with Crippen molar-refractivity contribution < 1.29 is 14.3 Å². The minimum absolute atomic E-state index is 0.167. The predicted octanol–water partition coefficient (Wildman–Crippen LogP) is 3.36. The maximum Gasteiger partial charge on any atom is 0.260 e. The van der Waals surface area contributed by atoms with Gasteiger partial charge in [0.25, 0.3) is 11.8 Å². The van der Waals surface area contributed by atoms with Gasteiger partial charge in [-0.3, -0.25) is 19.5 Å². The van der Waals surface area contributed by atoms with Crippen LogP contribution in [-0.2, 0) is 7.05 Å². The second-order valence-corrected chi connectivity index (χ2v) is 11.1. The van der Waals surface area contributed by atoms with Crippen LogP contribution in [0.25, 0.3) is 15.3 Å². The Hall–Kier alpha value is -3.77. The normalized spacial score (nSPS) is 15.2. The molecule has 1 aliphatic heterocycles. The summed E-state index contributed by atoms with van der Waals surface area (Å²) in [5.74, 6) is 0.0814. The van der Waals surface area contributed by atoms with Crippen LogP contribution in [0, 0.1) is 6.92 Å². The number of thiazole rings is 1. The fourth-order valence-electron chi connectivity index (χ4n) is 4.86. The van der Waals surface area contributed by atoms with Gasteiger partial charge in [-0.1, -0.05) is 0 Å². The molecule has 5 rings (SSSR count). The smallest absolute Gasteiger partial charge is 0.260 e. The van der Waals surface area contributed by atoms with Crippen LogP contribution in [0.2, 0.25) is 0 Å². The Bertz CT molecular complexity index is 1500. The van der Waals surface area contributed by atoms with E-state index in [9.17, 15) is 9.59 Å². The number of nitrogens with zero attached hydrogens (tertiary/aromatic N) is 6. The molecular weight excluding hydrogens is 504 g/mol. The largest absolute Gasteiger partial charge is 0.481 e. The molecular formula is C26H32N8O3S. The summed E-state index contributed by atoms with van der Waals surface area (Å²) in [6.07, 6.45) is 8.98. The third-order valence-corrected chi connectivity index (χ3v) is 8.27. The Morgan fingerprint density at radius 2 is 2.00 bits per heavy atom. The number of likely N-dealkylation sites (tertiary alicyclic amines) is 1. The van der Waals surface area contributed by atoms with E-state index in [0.717, 1.165) is 23.5 Å². The van der Waals surface area contributed by atoms with Crippen LogP contribution >= 0.6 is 11.3 Å². The zero-order chi connectivity index (χ0) is 27.0. The molecule has 4 aromatic heterocycles. The van der Waals surface area contributed by atoms with E-state index in [1.54, 1.807) is 42.5 Å². The highest BCUT2D eigenvalue weighted by Gasteiger charge is 2.31. The highest BCUT2D eigenvalue weighted by atomic mass is 32.1. The van der Waals surface area contributed by atoms with Crippen molar-refractivity contribution in [1.29, 1.82) is 0 Å². The molecule has 2 N–H and O–H groups in total. The predicted molar refractivity (Wildman–Crippen MR) is 146 cm³/mol. The van der Waals surface area contributed by atoms with E-state index in [-0.39, 0.29) is 17.4 Å². The highest BCUT2D eigenvalue weighted by Crippen LogP contribution is 2.36. The fraction of sp³-hybridized carbons (Fsp3) is 0.423. The third kappa shape index (κ3) is 4.88. The number of anilines is 1. The van der Waals surface area contributed by atoms with Crippen LogP contribution in [0.1, 0.15) is 53.1 Å². The number of hydrogen-bond acceptors (Lipinski definition) is 8. The van der Waals surface area contributed by atoms with Crippen molar-refractivity contribution >= 4 is 33.7 Å². The average molecular weight is 537 g/mol. The first-order valence-electron chi connectivity index (χ1n) is 12.5. The van der Waals surface area contributed by atoms with Gasteiger partial charge in [0.15, 0.2) is 0 Å². The van der Waals surface area contributed by atoms with Gasteiger partial charge in [-0.2, -0.15) is 10.2 Å². The summed E-state index contributed by atoms with van der Waals surface area (Å²) < 4.78 is 8.77. The molecule has 0 bridgehead atoms. The summed E-state index contributed by atoms with van der Waals surface area (Å²) in [5.41, 5.74) is 2.90. The van der Waals surface area contributed by atoms with E-state index in [1.165, 1.54) is 36.6 Å². The lowest BCUT2D eigenvalue weighted by Crippen LogP contribution is -2.43. The molecule has 0 aromatic carbocycles. The van der Waals surface area contributed by atoms with Crippen molar-refractivity contribution in [3.05, 3.63) is 47.7 Å².